The van der Waals surface area contributed by atoms with Crippen molar-refractivity contribution in [3.8, 4) is 12.1 Å². The molecule has 4 heteroatoms. The first-order valence-corrected chi connectivity index (χ1v) is 9.65. The fourth-order valence-electron chi connectivity index (χ4n) is 4.98. The van der Waals surface area contributed by atoms with E-state index in [0.717, 1.165) is 65.2 Å². The Bertz CT molecular complexity index is 1730. The zero-order valence-electron chi connectivity index (χ0n) is 15.6. The molecule has 0 N–H and O–H groups in total. The molecule has 4 nitrogen and oxygen atoms in total. The number of nitriles is 2. The van der Waals surface area contributed by atoms with Gasteiger partial charge in [0.15, 0.2) is 0 Å². The lowest BCUT2D eigenvalue weighted by molar-refractivity contribution is 1.46. The Labute approximate surface area is 169 Å². The third kappa shape index (κ3) is 1.62. The van der Waals surface area contributed by atoms with Gasteiger partial charge in [-0.1, -0.05) is 48.5 Å². The Balaban J connectivity index is 1.78. The second kappa shape index (κ2) is 5.08. The number of hydrogen-bond donors (Lipinski definition) is 0. The maximum absolute atomic E-state index is 9.52. The van der Waals surface area contributed by atoms with Gasteiger partial charge in [-0.2, -0.15) is 10.5 Å². The minimum atomic E-state index is 0.662. The molecule has 6 aromatic carbocycles. The minimum absolute atomic E-state index is 0.662. The van der Waals surface area contributed by atoms with E-state index in [1.165, 1.54) is 0 Å². The molecule has 7 aromatic rings. The van der Waals surface area contributed by atoms with Crippen LogP contribution in [0.3, 0.4) is 0 Å². The lowest BCUT2D eigenvalue weighted by Crippen LogP contribution is -1.81. The van der Waals surface area contributed by atoms with Gasteiger partial charge in [-0.25, -0.2) is 9.97 Å². The van der Waals surface area contributed by atoms with Gasteiger partial charge in [-0.05, 0) is 12.1 Å². The van der Waals surface area contributed by atoms with Gasteiger partial charge >= 0.3 is 0 Å². The highest BCUT2D eigenvalue weighted by Gasteiger charge is 2.20. The van der Waals surface area contributed by atoms with Crippen molar-refractivity contribution in [1.29, 1.82) is 10.5 Å². The average molecular weight is 378 g/mol. The molecule has 0 radical (unpaired) electrons. The van der Waals surface area contributed by atoms with Gasteiger partial charge < -0.3 is 0 Å². The van der Waals surface area contributed by atoms with E-state index in [9.17, 15) is 10.5 Å². The van der Waals surface area contributed by atoms with E-state index < -0.39 is 0 Å². The highest BCUT2D eigenvalue weighted by molar-refractivity contribution is 6.33. The summed E-state index contributed by atoms with van der Waals surface area (Å²) in [5.41, 5.74) is 4.75. The Morgan fingerprint density at radius 2 is 0.833 bits per heavy atom. The molecule has 134 valence electrons. The van der Waals surface area contributed by atoms with E-state index in [-0.39, 0.29) is 0 Å². The standard InChI is InChI=1S/C26H10N4/c27-11-13-7-9-19-21-15(13)3-1-5-17(21)23-25(19)30-26-20-10-8-14(12-28)16-4-2-6-18(22(16)20)24(26)29-23/h1-10H. The van der Waals surface area contributed by atoms with Crippen LogP contribution < -0.4 is 0 Å². The SMILES string of the molecule is N#Cc1ccc2c3nc4c5ccc(C#N)c6cccc(c4nc3c3cccc1c32)c65. The third-order valence-electron chi connectivity index (χ3n) is 6.24. The summed E-state index contributed by atoms with van der Waals surface area (Å²) in [7, 11) is 0. The Morgan fingerprint density at radius 1 is 0.467 bits per heavy atom. The number of fused-ring (bicyclic) bond motifs is 6. The Morgan fingerprint density at radius 3 is 1.23 bits per heavy atom. The van der Waals surface area contributed by atoms with Crippen LogP contribution >= 0.6 is 0 Å². The second-order valence-electron chi connectivity index (χ2n) is 7.62. The van der Waals surface area contributed by atoms with Crippen molar-refractivity contribution in [1.82, 2.24) is 9.97 Å². The summed E-state index contributed by atoms with van der Waals surface area (Å²) in [6.07, 6.45) is 0. The fraction of sp³-hybridized carbons (Fsp3) is 0. The molecule has 0 bridgehead atoms. The molecule has 0 unspecified atom stereocenters. The molecule has 0 aliphatic rings. The molecule has 0 fully saturated rings. The molecule has 0 amide bonds. The van der Waals surface area contributed by atoms with Crippen molar-refractivity contribution in [3.05, 3.63) is 71.8 Å². The monoisotopic (exact) mass is 378 g/mol. The van der Waals surface area contributed by atoms with Crippen LogP contribution in [-0.2, 0) is 0 Å². The topological polar surface area (TPSA) is 73.4 Å². The summed E-state index contributed by atoms with van der Waals surface area (Å²) in [5.74, 6) is 0. The van der Waals surface area contributed by atoms with E-state index in [0.29, 0.717) is 11.1 Å². The molecule has 0 aliphatic heterocycles. The third-order valence-corrected chi connectivity index (χ3v) is 6.24. The van der Waals surface area contributed by atoms with Crippen molar-refractivity contribution >= 4 is 65.2 Å². The van der Waals surface area contributed by atoms with Crippen LogP contribution in [0.4, 0.5) is 0 Å². The summed E-state index contributed by atoms with van der Waals surface area (Å²) in [4.78, 5) is 10.2. The van der Waals surface area contributed by atoms with Crippen molar-refractivity contribution < 1.29 is 0 Å². The van der Waals surface area contributed by atoms with Gasteiger partial charge in [0.2, 0.25) is 0 Å². The molecule has 0 saturated heterocycles. The van der Waals surface area contributed by atoms with Gasteiger partial charge in [0, 0.05) is 43.1 Å². The molecule has 0 spiro atoms. The van der Waals surface area contributed by atoms with E-state index in [1.54, 1.807) is 0 Å². The van der Waals surface area contributed by atoms with Crippen LogP contribution in [0.2, 0.25) is 0 Å². The van der Waals surface area contributed by atoms with E-state index >= 15 is 0 Å². The van der Waals surface area contributed by atoms with Crippen LogP contribution in [-0.4, -0.2) is 9.97 Å². The van der Waals surface area contributed by atoms with E-state index in [4.69, 9.17) is 9.97 Å². The first-order valence-electron chi connectivity index (χ1n) is 9.65. The second-order valence-corrected chi connectivity index (χ2v) is 7.62. The lowest BCUT2D eigenvalue weighted by Gasteiger charge is -2.00. The van der Waals surface area contributed by atoms with E-state index in [1.807, 2.05) is 48.5 Å². The first kappa shape index (κ1) is 15.4. The number of rotatable bonds is 0. The van der Waals surface area contributed by atoms with Crippen LogP contribution in [0.5, 0.6) is 0 Å². The summed E-state index contributed by atoms with van der Waals surface area (Å²) >= 11 is 0. The van der Waals surface area contributed by atoms with Crippen molar-refractivity contribution in [3.63, 3.8) is 0 Å². The highest BCUT2D eigenvalue weighted by atomic mass is 14.8. The van der Waals surface area contributed by atoms with Crippen LogP contribution in [0.25, 0.3) is 65.2 Å². The summed E-state index contributed by atoms with van der Waals surface area (Å²) in [6.45, 7) is 0. The first-order chi connectivity index (χ1) is 14.8. The van der Waals surface area contributed by atoms with Gasteiger partial charge in [-0.3, -0.25) is 0 Å². The molecular formula is C26H10N4. The van der Waals surface area contributed by atoms with Gasteiger partial charge in [0.25, 0.3) is 0 Å². The minimum Gasteiger partial charge on any atom is -0.243 e. The van der Waals surface area contributed by atoms with Gasteiger partial charge in [-0.15, -0.1) is 0 Å². The number of hydrogen-bond acceptors (Lipinski definition) is 4. The normalized spacial score (nSPS) is 11.9. The number of aromatic nitrogens is 2. The van der Waals surface area contributed by atoms with Crippen molar-refractivity contribution in [2.24, 2.45) is 0 Å². The van der Waals surface area contributed by atoms with Gasteiger partial charge in [0.1, 0.15) is 0 Å². The predicted octanol–water partition coefficient (Wildman–Crippen LogP) is 6.01. The van der Waals surface area contributed by atoms with Crippen molar-refractivity contribution in [2.45, 2.75) is 0 Å². The summed E-state index contributed by atoms with van der Waals surface area (Å²) < 4.78 is 0. The van der Waals surface area contributed by atoms with E-state index in [2.05, 4.69) is 24.3 Å². The number of nitrogens with zero attached hydrogens (tertiary/aromatic N) is 4. The smallest absolute Gasteiger partial charge is 0.0998 e. The molecule has 1 aromatic heterocycles. The Kier molecular flexibility index (Phi) is 2.61. The fourth-order valence-corrected chi connectivity index (χ4v) is 4.98. The maximum Gasteiger partial charge on any atom is 0.0998 e. The van der Waals surface area contributed by atoms with Gasteiger partial charge in [0.05, 0.1) is 45.3 Å². The van der Waals surface area contributed by atoms with Crippen LogP contribution in [0, 0.1) is 22.7 Å². The zero-order chi connectivity index (χ0) is 20.0. The quantitative estimate of drug-likeness (QED) is 0.324. The molecule has 0 aliphatic carbocycles. The zero-order valence-corrected chi connectivity index (χ0v) is 15.6. The summed E-state index contributed by atoms with van der Waals surface area (Å²) in [5, 5.41) is 27.1. The van der Waals surface area contributed by atoms with Crippen LogP contribution in [0.15, 0.2) is 60.7 Å². The molecule has 30 heavy (non-hydrogen) atoms. The Hall–Kier alpha value is -4.54. The lowest BCUT2D eigenvalue weighted by atomic mass is 10.0. The molecular weight excluding hydrogens is 368 g/mol. The number of benzene rings is 4. The highest BCUT2D eigenvalue weighted by Crippen LogP contribution is 2.42. The van der Waals surface area contributed by atoms with Crippen molar-refractivity contribution in [2.75, 3.05) is 0 Å². The average Bonchev–Trinajstić information content (AvgIpc) is 3.29. The molecule has 0 saturated carbocycles. The molecule has 0 atom stereocenters. The van der Waals surface area contributed by atoms with Crippen LogP contribution in [0.1, 0.15) is 11.1 Å². The largest absolute Gasteiger partial charge is 0.243 e. The summed E-state index contributed by atoms with van der Waals surface area (Å²) in [6, 6.07) is 24.3. The maximum atomic E-state index is 9.52. The predicted molar refractivity (Wildman–Crippen MR) is 119 cm³/mol. The molecule has 1 heterocycles. The molecule has 7 rings (SSSR count).